The summed E-state index contributed by atoms with van der Waals surface area (Å²) in [4.78, 5) is 34.5. The molecule has 1 aromatic rings. The third-order valence-corrected chi connectivity index (χ3v) is 4.00. The number of likely N-dealkylation sites (tertiary alicyclic amines) is 1. The number of piperidine rings is 1. The molecular formula is C15H20N4O2. The van der Waals surface area contributed by atoms with Crippen LogP contribution in [0.25, 0.3) is 0 Å². The van der Waals surface area contributed by atoms with Crippen LogP contribution in [0.15, 0.2) is 12.4 Å². The van der Waals surface area contributed by atoms with Crippen molar-refractivity contribution in [3.05, 3.63) is 23.8 Å². The Morgan fingerprint density at radius 1 is 1.24 bits per heavy atom. The molecule has 2 amide bonds. The largest absolute Gasteiger partial charge is 0.353 e. The molecule has 1 aliphatic heterocycles. The fourth-order valence-corrected chi connectivity index (χ4v) is 2.59. The SMILES string of the molecule is Cc1cnc(C(=O)N2CCC[C@H](C(=O)NC3CC3)C2)cn1. The van der Waals surface area contributed by atoms with Crippen molar-refractivity contribution in [2.45, 2.75) is 38.6 Å². The minimum absolute atomic E-state index is 0.0880. The normalized spacial score (nSPS) is 22.0. The number of carbonyl (C=O) groups is 2. The van der Waals surface area contributed by atoms with Gasteiger partial charge in [0.05, 0.1) is 17.8 Å². The van der Waals surface area contributed by atoms with E-state index >= 15 is 0 Å². The first-order chi connectivity index (χ1) is 10.1. The summed E-state index contributed by atoms with van der Waals surface area (Å²) in [5.41, 5.74) is 1.13. The Morgan fingerprint density at radius 2 is 2.05 bits per heavy atom. The summed E-state index contributed by atoms with van der Waals surface area (Å²) in [6.45, 7) is 2.99. The van der Waals surface area contributed by atoms with Gasteiger partial charge in [-0.25, -0.2) is 4.98 Å². The zero-order valence-corrected chi connectivity index (χ0v) is 12.2. The Labute approximate surface area is 124 Å². The highest BCUT2D eigenvalue weighted by molar-refractivity contribution is 5.92. The van der Waals surface area contributed by atoms with Gasteiger partial charge in [-0.1, -0.05) is 0 Å². The third-order valence-electron chi connectivity index (χ3n) is 4.00. The van der Waals surface area contributed by atoms with Gasteiger partial charge in [0.2, 0.25) is 5.91 Å². The maximum atomic E-state index is 12.4. The Morgan fingerprint density at radius 3 is 2.71 bits per heavy atom. The Balaban J connectivity index is 1.63. The van der Waals surface area contributed by atoms with E-state index < -0.39 is 0 Å². The highest BCUT2D eigenvalue weighted by Crippen LogP contribution is 2.22. The van der Waals surface area contributed by atoms with Crippen molar-refractivity contribution in [2.75, 3.05) is 13.1 Å². The number of rotatable bonds is 3. The quantitative estimate of drug-likeness (QED) is 0.897. The van der Waals surface area contributed by atoms with E-state index in [0.717, 1.165) is 31.4 Å². The van der Waals surface area contributed by atoms with Crippen molar-refractivity contribution in [3.8, 4) is 0 Å². The molecule has 21 heavy (non-hydrogen) atoms. The fourth-order valence-electron chi connectivity index (χ4n) is 2.59. The number of aryl methyl sites for hydroxylation is 1. The van der Waals surface area contributed by atoms with E-state index in [1.165, 1.54) is 6.20 Å². The first-order valence-corrected chi connectivity index (χ1v) is 7.52. The summed E-state index contributed by atoms with van der Waals surface area (Å²) in [6.07, 6.45) is 6.97. The smallest absolute Gasteiger partial charge is 0.274 e. The molecule has 0 bridgehead atoms. The van der Waals surface area contributed by atoms with Crippen molar-refractivity contribution in [2.24, 2.45) is 5.92 Å². The van der Waals surface area contributed by atoms with Crippen LogP contribution >= 0.6 is 0 Å². The van der Waals surface area contributed by atoms with Crippen molar-refractivity contribution in [1.82, 2.24) is 20.2 Å². The molecule has 1 saturated carbocycles. The van der Waals surface area contributed by atoms with E-state index in [0.29, 0.717) is 24.8 Å². The van der Waals surface area contributed by atoms with E-state index in [1.54, 1.807) is 11.1 Å². The van der Waals surface area contributed by atoms with Crippen molar-refractivity contribution in [3.63, 3.8) is 0 Å². The van der Waals surface area contributed by atoms with Gasteiger partial charge in [0.15, 0.2) is 0 Å². The van der Waals surface area contributed by atoms with E-state index in [-0.39, 0.29) is 17.7 Å². The van der Waals surface area contributed by atoms with Gasteiger partial charge in [-0.05, 0) is 32.6 Å². The zero-order valence-electron chi connectivity index (χ0n) is 12.2. The molecular weight excluding hydrogens is 268 g/mol. The van der Waals surface area contributed by atoms with Crippen LogP contribution in [0.1, 0.15) is 41.9 Å². The first kappa shape index (κ1) is 14.0. The summed E-state index contributed by atoms with van der Waals surface area (Å²) in [5.74, 6) is -0.141. The van der Waals surface area contributed by atoms with Crippen molar-refractivity contribution < 1.29 is 9.59 Å². The van der Waals surface area contributed by atoms with E-state index in [2.05, 4.69) is 15.3 Å². The van der Waals surface area contributed by atoms with Crippen LogP contribution in [0, 0.1) is 12.8 Å². The molecule has 6 heteroatoms. The average molecular weight is 288 g/mol. The lowest BCUT2D eigenvalue weighted by Gasteiger charge is -2.31. The monoisotopic (exact) mass is 288 g/mol. The van der Waals surface area contributed by atoms with E-state index in [9.17, 15) is 9.59 Å². The van der Waals surface area contributed by atoms with Crippen LogP contribution in [0.5, 0.6) is 0 Å². The van der Waals surface area contributed by atoms with E-state index in [1.807, 2.05) is 6.92 Å². The minimum Gasteiger partial charge on any atom is -0.353 e. The van der Waals surface area contributed by atoms with Gasteiger partial charge in [-0.15, -0.1) is 0 Å². The molecule has 2 heterocycles. The lowest BCUT2D eigenvalue weighted by molar-refractivity contribution is -0.126. The number of hydrogen-bond acceptors (Lipinski definition) is 4. The molecule has 3 rings (SSSR count). The molecule has 1 aromatic heterocycles. The Hall–Kier alpha value is -1.98. The first-order valence-electron chi connectivity index (χ1n) is 7.52. The lowest BCUT2D eigenvalue weighted by atomic mass is 9.97. The number of amides is 2. The summed E-state index contributed by atoms with van der Waals surface area (Å²) < 4.78 is 0. The van der Waals surface area contributed by atoms with Gasteiger partial charge in [-0.3, -0.25) is 14.6 Å². The zero-order chi connectivity index (χ0) is 14.8. The summed E-state index contributed by atoms with van der Waals surface area (Å²) in [6, 6.07) is 0.367. The second kappa shape index (κ2) is 5.79. The summed E-state index contributed by atoms with van der Waals surface area (Å²) >= 11 is 0. The molecule has 1 saturated heterocycles. The lowest BCUT2D eigenvalue weighted by Crippen LogP contribution is -2.46. The number of carbonyl (C=O) groups excluding carboxylic acids is 2. The van der Waals surface area contributed by atoms with Gasteiger partial charge < -0.3 is 10.2 Å². The molecule has 0 radical (unpaired) electrons. The molecule has 0 aromatic carbocycles. The Kier molecular flexibility index (Phi) is 3.86. The van der Waals surface area contributed by atoms with Crippen LogP contribution in [0.4, 0.5) is 0 Å². The molecule has 2 fully saturated rings. The van der Waals surface area contributed by atoms with Crippen LogP contribution in [-0.4, -0.2) is 45.8 Å². The van der Waals surface area contributed by atoms with Crippen LogP contribution < -0.4 is 5.32 Å². The Bertz CT molecular complexity index is 539. The van der Waals surface area contributed by atoms with Crippen LogP contribution in [0.2, 0.25) is 0 Å². The third kappa shape index (κ3) is 3.37. The second-order valence-corrected chi connectivity index (χ2v) is 5.92. The highest BCUT2D eigenvalue weighted by atomic mass is 16.2. The number of nitrogens with zero attached hydrogens (tertiary/aromatic N) is 3. The molecule has 1 aliphatic carbocycles. The highest BCUT2D eigenvalue weighted by Gasteiger charge is 2.32. The maximum Gasteiger partial charge on any atom is 0.274 e. The number of hydrogen-bond donors (Lipinski definition) is 1. The molecule has 6 nitrogen and oxygen atoms in total. The second-order valence-electron chi connectivity index (χ2n) is 5.92. The predicted octanol–water partition coefficient (Wildman–Crippen LogP) is 0.916. The van der Waals surface area contributed by atoms with Crippen LogP contribution in [0.3, 0.4) is 0 Å². The van der Waals surface area contributed by atoms with Crippen LogP contribution in [-0.2, 0) is 4.79 Å². The van der Waals surface area contributed by atoms with Gasteiger partial charge in [0, 0.05) is 25.3 Å². The molecule has 1 N–H and O–H groups in total. The molecule has 0 spiro atoms. The molecule has 0 unspecified atom stereocenters. The fraction of sp³-hybridized carbons (Fsp3) is 0.600. The molecule has 1 atom stereocenters. The molecule has 2 aliphatic rings. The van der Waals surface area contributed by atoms with Gasteiger partial charge in [0.25, 0.3) is 5.91 Å². The van der Waals surface area contributed by atoms with Crippen molar-refractivity contribution >= 4 is 11.8 Å². The maximum absolute atomic E-state index is 12.4. The number of nitrogens with one attached hydrogen (secondary N) is 1. The minimum atomic E-state index is -0.133. The summed E-state index contributed by atoms with van der Waals surface area (Å²) in [7, 11) is 0. The van der Waals surface area contributed by atoms with Gasteiger partial charge in [0.1, 0.15) is 5.69 Å². The number of aromatic nitrogens is 2. The standard InChI is InChI=1S/C15H20N4O2/c1-10-7-17-13(8-16-10)15(21)19-6-2-3-11(9-19)14(20)18-12-4-5-12/h7-8,11-12H,2-6,9H2,1H3,(H,18,20)/t11-/m0/s1. The van der Waals surface area contributed by atoms with Gasteiger partial charge >= 0.3 is 0 Å². The topological polar surface area (TPSA) is 75.2 Å². The predicted molar refractivity (Wildman–Crippen MR) is 76.6 cm³/mol. The van der Waals surface area contributed by atoms with Gasteiger partial charge in [-0.2, -0.15) is 0 Å². The van der Waals surface area contributed by atoms with Crippen molar-refractivity contribution in [1.29, 1.82) is 0 Å². The molecule has 112 valence electrons. The average Bonchev–Trinajstić information content (AvgIpc) is 3.31. The summed E-state index contributed by atoms with van der Waals surface area (Å²) in [5, 5.41) is 3.03. The van der Waals surface area contributed by atoms with E-state index in [4.69, 9.17) is 0 Å².